The van der Waals surface area contributed by atoms with Gasteiger partial charge in [-0.15, -0.1) is 0 Å². The molecule has 3 fully saturated rings. The molecule has 4 heterocycles. The van der Waals surface area contributed by atoms with Gasteiger partial charge in [0.1, 0.15) is 23.8 Å². The Hall–Kier alpha value is -4.26. The Balaban J connectivity index is 1.55. The number of aliphatic carboxylic acids is 1. The summed E-state index contributed by atoms with van der Waals surface area (Å²) in [5, 5.41) is 23.8. The van der Waals surface area contributed by atoms with Crippen molar-refractivity contribution in [2.75, 3.05) is 5.32 Å². The standard InChI is InChI=1S/C25H21FN6O3/c26-20-19(17-2-1-7-35-17)14(8-27)22(15-10-29-23-16(15)9-28-11-30-23)32-24(20)31-21-13-5-3-12(4-6-13)18(21)25(33)34/h1-2,7,9-13,18,21H,3-6H2,(H,31,32)(H,33,34)(H,28,29,30)/t12?,13?,18-,21-/m1/s1. The number of anilines is 1. The van der Waals surface area contributed by atoms with Gasteiger partial charge in [-0.25, -0.2) is 19.3 Å². The molecule has 35 heavy (non-hydrogen) atoms. The van der Waals surface area contributed by atoms with Gasteiger partial charge in [0, 0.05) is 29.4 Å². The molecular formula is C25H21FN6O3. The molecule has 3 N–H and O–H groups in total. The summed E-state index contributed by atoms with van der Waals surface area (Å²) >= 11 is 0. The minimum absolute atomic E-state index is 0.00713. The number of carboxylic acids is 1. The molecule has 0 unspecified atom stereocenters. The quantitative estimate of drug-likeness (QED) is 0.383. The molecule has 3 aliphatic carbocycles. The normalized spacial score (nSPS) is 23.3. The number of nitriles is 1. The van der Waals surface area contributed by atoms with Gasteiger partial charge < -0.3 is 19.8 Å². The number of H-pyrrole nitrogens is 1. The number of nitrogens with one attached hydrogen (secondary N) is 2. The first-order valence-electron chi connectivity index (χ1n) is 11.5. The van der Waals surface area contributed by atoms with Gasteiger partial charge in [-0.1, -0.05) is 0 Å². The molecule has 7 rings (SSSR count). The molecule has 176 valence electrons. The van der Waals surface area contributed by atoms with Crippen LogP contribution in [-0.2, 0) is 4.79 Å². The molecule has 0 amide bonds. The second-order valence-electron chi connectivity index (χ2n) is 9.16. The summed E-state index contributed by atoms with van der Waals surface area (Å²) in [4.78, 5) is 28.0. The summed E-state index contributed by atoms with van der Waals surface area (Å²) in [6, 6.07) is 4.82. The van der Waals surface area contributed by atoms with Crippen molar-refractivity contribution in [1.29, 1.82) is 5.26 Å². The fourth-order valence-electron chi connectivity index (χ4n) is 5.84. The summed E-state index contributed by atoms with van der Waals surface area (Å²) < 4.78 is 21.5. The monoisotopic (exact) mass is 472 g/mol. The molecule has 0 spiro atoms. The first-order chi connectivity index (χ1) is 17.1. The van der Waals surface area contributed by atoms with Crippen LogP contribution in [0.3, 0.4) is 0 Å². The van der Waals surface area contributed by atoms with Gasteiger partial charge in [0.05, 0.1) is 29.0 Å². The Morgan fingerprint density at radius 2 is 2.09 bits per heavy atom. The molecule has 0 aromatic carbocycles. The van der Waals surface area contributed by atoms with Crippen molar-refractivity contribution >= 4 is 22.8 Å². The van der Waals surface area contributed by atoms with E-state index in [1.54, 1.807) is 24.5 Å². The minimum atomic E-state index is -0.883. The maximum Gasteiger partial charge on any atom is 0.308 e. The van der Waals surface area contributed by atoms with Crippen molar-refractivity contribution in [2.24, 2.45) is 17.8 Å². The average Bonchev–Trinajstić information content (AvgIpc) is 3.55. The number of carboxylic acid groups (broad SMARTS) is 1. The van der Waals surface area contributed by atoms with E-state index in [-0.39, 0.29) is 40.2 Å². The smallest absolute Gasteiger partial charge is 0.308 e. The summed E-state index contributed by atoms with van der Waals surface area (Å²) in [6.45, 7) is 0. The van der Waals surface area contributed by atoms with Gasteiger partial charge in [-0.2, -0.15) is 5.26 Å². The first-order valence-corrected chi connectivity index (χ1v) is 11.5. The van der Waals surface area contributed by atoms with Gasteiger partial charge >= 0.3 is 5.97 Å². The number of hydrogen-bond acceptors (Lipinski definition) is 7. The van der Waals surface area contributed by atoms with Crippen LogP contribution in [0.1, 0.15) is 31.2 Å². The number of aromatic amines is 1. The van der Waals surface area contributed by atoms with Crippen molar-refractivity contribution in [2.45, 2.75) is 31.7 Å². The minimum Gasteiger partial charge on any atom is -0.481 e. The number of pyridine rings is 1. The zero-order valence-electron chi connectivity index (χ0n) is 18.5. The van der Waals surface area contributed by atoms with Crippen molar-refractivity contribution < 1.29 is 18.7 Å². The number of halogens is 1. The first kappa shape index (κ1) is 21.3. The second-order valence-corrected chi connectivity index (χ2v) is 9.16. The van der Waals surface area contributed by atoms with Crippen molar-refractivity contribution in [3.8, 4) is 28.7 Å². The lowest BCUT2D eigenvalue weighted by atomic mass is 9.61. The third kappa shape index (κ3) is 3.34. The Bertz CT molecular complexity index is 1470. The largest absolute Gasteiger partial charge is 0.481 e. The fraction of sp³-hybridized carbons (Fsp3) is 0.320. The van der Waals surface area contributed by atoms with E-state index >= 15 is 4.39 Å². The van der Waals surface area contributed by atoms with E-state index in [0.29, 0.717) is 16.6 Å². The zero-order valence-corrected chi connectivity index (χ0v) is 18.5. The molecule has 3 saturated carbocycles. The van der Waals surface area contributed by atoms with Gasteiger partial charge in [0.25, 0.3) is 0 Å². The van der Waals surface area contributed by atoms with E-state index in [1.165, 1.54) is 12.6 Å². The Morgan fingerprint density at radius 1 is 1.29 bits per heavy atom. The number of rotatable bonds is 5. The molecule has 3 aliphatic rings. The highest BCUT2D eigenvalue weighted by atomic mass is 19.1. The lowest BCUT2D eigenvalue weighted by Crippen LogP contribution is -2.51. The van der Waals surface area contributed by atoms with Crippen molar-refractivity contribution in [1.82, 2.24) is 19.9 Å². The molecule has 2 bridgehead atoms. The van der Waals surface area contributed by atoms with E-state index in [9.17, 15) is 15.2 Å². The Labute approximate surface area is 199 Å². The van der Waals surface area contributed by atoms with Crippen LogP contribution >= 0.6 is 0 Å². The number of carbonyl (C=O) groups is 1. The molecular weight excluding hydrogens is 451 g/mol. The maximum atomic E-state index is 16.0. The molecule has 4 aromatic rings. The highest BCUT2D eigenvalue weighted by Crippen LogP contribution is 2.47. The van der Waals surface area contributed by atoms with E-state index in [0.717, 1.165) is 25.7 Å². The van der Waals surface area contributed by atoms with Gasteiger partial charge in [-0.05, 0) is 49.7 Å². The fourth-order valence-corrected chi connectivity index (χ4v) is 5.84. The van der Waals surface area contributed by atoms with Crippen molar-refractivity contribution in [3.05, 3.63) is 48.5 Å². The van der Waals surface area contributed by atoms with E-state index in [2.05, 4.69) is 31.3 Å². The van der Waals surface area contributed by atoms with Crippen LogP contribution in [0.4, 0.5) is 10.2 Å². The summed E-state index contributed by atoms with van der Waals surface area (Å²) in [7, 11) is 0. The topological polar surface area (TPSA) is 141 Å². The number of fused-ring (bicyclic) bond motifs is 4. The van der Waals surface area contributed by atoms with Crippen LogP contribution in [0.2, 0.25) is 0 Å². The predicted molar refractivity (Wildman–Crippen MR) is 123 cm³/mol. The zero-order chi connectivity index (χ0) is 24.1. The maximum absolute atomic E-state index is 16.0. The van der Waals surface area contributed by atoms with E-state index in [4.69, 9.17) is 4.42 Å². The van der Waals surface area contributed by atoms with Crippen molar-refractivity contribution in [3.63, 3.8) is 0 Å². The molecule has 0 saturated heterocycles. The van der Waals surface area contributed by atoms with Crippen LogP contribution in [0, 0.1) is 34.9 Å². The van der Waals surface area contributed by atoms with Crippen LogP contribution in [0.15, 0.2) is 41.5 Å². The van der Waals surface area contributed by atoms with Gasteiger partial charge in [-0.3, -0.25) is 4.79 Å². The summed E-state index contributed by atoms with van der Waals surface area (Å²) in [5.74, 6) is -2.02. The SMILES string of the molecule is N#Cc1c(-c2c[nH]c3ncncc23)nc(N[C@@H]2C3CCC(CC3)[C@H]2C(=O)O)c(F)c1-c1ccco1. The lowest BCUT2D eigenvalue weighted by Gasteiger charge is -2.47. The van der Waals surface area contributed by atoms with Crippen LogP contribution < -0.4 is 5.32 Å². The number of aromatic nitrogens is 4. The van der Waals surface area contributed by atoms with Crippen LogP contribution in [-0.4, -0.2) is 37.1 Å². The molecule has 10 heteroatoms. The third-order valence-corrected chi connectivity index (χ3v) is 7.44. The number of hydrogen-bond donors (Lipinski definition) is 3. The van der Waals surface area contributed by atoms with E-state index in [1.807, 2.05) is 0 Å². The van der Waals surface area contributed by atoms with Crippen LogP contribution in [0.5, 0.6) is 0 Å². The predicted octanol–water partition coefficient (Wildman–Crippen LogP) is 4.59. The van der Waals surface area contributed by atoms with Crippen LogP contribution in [0.25, 0.3) is 33.6 Å². The summed E-state index contributed by atoms with van der Waals surface area (Å²) in [6.07, 6.45) is 9.56. The molecule has 9 nitrogen and oxygen atoms in total. The highest BCUT2D eigenvalue weighted by molar-refractivity contribution is 5.95. The average molecular weight is 472 g/mol. The Morgan fingerprint density at radius 3 is 2.80 bits per heavy atom. The third-order valence-electron chi connectivity index (χ3n) is 7.44. The number of furan rings is 1. The Kier molecular flexibility index (Phi) is 4.99. The van der Waals surface area contributed by atoms with Gasteiger partial charge in [0.2, 0.25) is 0 Å². The lowest BCUT2D eigenvalue weighted by molar-refractivity contribution is -0.148. The summed E-state index contributed by atoms with van der Waals surface area (Å²) in [5.41, 5.74) is 1.30. The number of nitrogens with zero attached hydrogens (tertiary/aromatic N) is 4. The molecule has 0 radical (unpaired) electrons. The van der Waals surface area contributed by atoms with E-state index < -0.39 is 23.7 Å². The molecule has 0 aliphatic heterocycles. The highest BCUT2D eigenvalue weighted by Gasteiger charge is 2.47. The van der Waals surface area contributed by atoms with Gasteiger partial charge in [0.15, 0.2) is 11.6 Å². The second kappa shape index (κ2) is 8.20. The molecule has 4 aromatic heterocycles. The molecule has 2 atom stereocenters.